The van der Waals surface area contributed by atoms with Crippen LogP contribution in [0.1, 0.15) is 81.4 Å². The first-order valence-corrected chi connectivity index (χ1v) is 10.2. The third-order valence-corrected chi connectivity index (χ3v) is 6.08. The summed E-state index contributed by atoms with van der Waals surface area (Å²) in [6.45, 7) is 4.23. The van der Waals surface area contributed by atoms with Crippen LogP contribution in [0.2, 0.25) is 0 Å². The van der Waals surface area contributed by atoms with Gasteiger partial charge >= 0.3 is 0 Å². The summed E-state index contributed by atoms with van der Waals surface area (Å²) >= 11 is 0. The normalized spacial score (nSPS) is 20.2. The van der Waals surface area contributed by atoms with Gasteiger partial charge in [-0.05, 0) is 66.2 Å². The average molecular weight is 374 g/mol. The van der Waals surface area contributed by atoms with E-state index in [-0.39, 0.29) is 5.92 Å². The Morgan fingerprint density at radius 3 is 2.15 bits per heavy atom. The van der Waals surface area contributed by atoms with Gasteiger partial charge in [0.25, 0.3) is 6.43 Å². The van der Waals surface area contributed by atoms with E-state index in [0.717, 1.165) is 37.7 Å². The lowest BCUT2D eigenvalue weighted by Crippen LogP contribution is -2.15. The average Bonchev–Trinajstić information content (AvgIpc) is 2.68. The number of aryl methyl sites for hydroxylation is 1. The largest absolute Gasteiger partial charge is 0.267 e. The minimum Gasteiger partial charge on any atom is -0.206 e. The molecule has 1 saturated carbocycles. The van der Waals surface area contributed by atoms with Crippen LogP contribution in [0.4, 0.5) is 13.2 Å². The molecular weight excluding hydrogens is 345 g/mol. The summed E-state index contributed by atoms with van der Waals surface area (Å²) in [5, 5.41) is 0. The Hall–Kier alpha value is -1.77. The molecule has 0 heterocycles. The molecule has 0 amide bonds. The molecule has 27 heavy (non-hydrogen) atoms. The Morgan fingerprint density at radius 1 is 0.926 bits per heavy atom. The molecule has 0 N–H and O–H groups in total. The highest BCUT2D eigenvalue weighted by atomic mass is 19.3. The van der Waals surface area contributed by atoms with Gasteiger partial charge in [-0.15, -0.1) is 0 Å². The molecule has 3 heteroatoms. The first-order valence-electron chi connectivity index (χ1n) is 10.2. The Bertz CT molecular complexity index is 741. The van der Waals surface area contributed by atoms with Crippen LogP contribution >= 0.6 is 0 Å². The van der Waals surface area contributed by atoms with Crippen molar-refractivity contribution in [3.63, 3.8) is 0 Å². The SMILES string of the molecule is CCCC1CCC(c2ccc(-c3ccc(CC)cc3)c(C(F)F)c2F)CC1. The summed E-state index contributed by atoms with van der Waals surface area (Å²) in [7, 11) is 0. The molecule has 146 valence electrons. The summed E-state index contributed by atoms with van der Waals surface area (Å²) in [6, 6.07) is 10.9. The van der Waals surface area contributed by atoms with Gasteiger partial charge in [0.05, 0.1) is 5.56 Å². The van der Waals surface area contributed by atoms with Gasteiger partial charge in [-0.3, -0.25) is 0 Å². The molecule has 0 aliphatic heterocycles. The molecule has 0 nitrogen and oxygen atoms in total. The van der Waals surface area contributed by atoms with Crippen molar-refractivity contribution in [1.29, 1.82) is 0 Å². The Kier molecular flexibility index (Phi) is 6.62. The maximum atomic E-state index is 15.2. The van der Waals surface area contributed by atoms with E-state index in [1.54, 1.807) is 12.1 Å². The van der Waals surface area contributed by atoms with Gasteiger partial charge in [-0.1, -0.05) is 63.1 Å². The summed E-state index contributed by atoms with van der Waals surface area (Å²) in [5.41, 5.74) is 2.15. The molecule has 3 rings (SSSR count). The van der Waals surface area contributed by atoms with E-state index in [9.17, 15) is 8.78 Å². The molecule has 2 aromatic carbocycles. The minimum atomic E-state index is -2.82. The van der Waals surface area contributed by atoms with E-state index in [1.165, 1.54) is 12.8 Å². The molecule has 1 aliphatic rings. The zero-order valence-electron chi connectivity index (χ0n) is 16.3. The van der Waals surface area contributed by atoms with Crippen LogP contribution in [-0.4, -0.2) is 0 Å². The van der Waals surface area contributed by atoms with Crippen LogP contribution in [0.3, 0.4) is 0 Å². The van der Waals surface area contributed by atoms with E-state index >= 15 is 4.39 Å². The second kappa shape index (κ2) is 8.95. The van der Waals surface area contributed by atoms with Crippen LogP contribution in [-0.2, 0) is 6.42 Å². The number of halogens is 3. The third-order valence-electron chi connectivity index (χ3n) is 6.08. The Balaban J connectivity index is 1.91. The monoisotopic (exact) mass is 374 g/mol. The number of alkyl halides is 2. The minimum absolute atomic E-state index is 0.0622. The highest BCUT2D eigenvalue weighted by Crippen LogP contribution is 2.42. The molecular formula is C24H29F3. The number of rotatable bonds is 6. The van der Waals surface area contributed by atoms with Crippen molar-refractivity contribution in [2.75, 3.05) is 0 Å². The highest BCUT2D eigenvalue weighted by molar-refractivity contribution is 5.69. The Morgan fingerprint density at radius 2 is 1.59 bits per heavy atom. The van der Waals surface area contributed by atoms with Crippen molar-refractivity contribution in [3.05, 3.63) is 58.9 Å². The second-order valence-electron chi connectivity index (χ2n) is 7.79. The quantitative estimate of drug-likeness (QED) is 0.479. The first-order chi connectivity index (χ1) is 13.0. The zero-order valence-corrected chi connectivity index (χ0v) is 16.3. The van der Waals surface area contributed by atoms with Gasteiger partial charge in [0.1, 0.15) is 5.82 Å². The van der Waals surface area contributed by atoms with Crippen LogP contribution < -0.4 is 0 Å². The molecule has 0 aromatic heterocycles. The standard InChI is InChI=1S/C24H29F3/c1-3-5-17-8-12-19(13-9-17)21-15-14-20(22(23(21)25)24(26)27)18-10-6-16(4-2)7-11-18/h6-7,10-11,14-15,17,19,24H,3-5,8-9,12-13H2,1-2H3. The highest BCUT2D eigenvalue weighted by Gasteiger charge is 2.28. The number of hydrogen-bond donors (Lipinski definition) is 0. The van der Waals surface area contributed by atoms with Gasteiger partial charge in [0, 0.05) is 0 Å². The summed E-state index contributed by atoms with van der Waals surface area (Å²) in [4.78, 5) is 0. The fraction of sp³-hybridized carbons (Fsp3) is 0.500. The van der Waals surface area contributed by atoms with Crippen LogP contribution in [0, 0.1) is 11.7 Å². The van der Waals surface area contributed by atoms with Crippen molar-refractivity contribution in [3.8, 4) is 11.1 Å². The van der Waals surface area contributed by atoms with E-state index < -0.39 is 17.8 Å². The van der Waals surface area contributed by atoms with Crippen molar-refractivity contribution < 1.29 is 13.2 Å². The summed E-state index contributed by atoms with van der Waals surface area (Å²) < 4.78 is 42.7. The summed E-state index contributed by atoms with van der Waals surface area (Å²) in [5.74, 6) is 0.0772. The zero-order chi connectivity index (χ0) is 19.4. The van der Waals surface area contributed by atoms with Crippen molar-refractivity contribution in [2.24, 2.45) is 5.92 Å². The van der Waals surface area contributed by atoms with Gasteiger partial charge in [0.15, 0.2) is 0 Å². The van der Waals surface area contributed by atoms with Crippen molar-refractivity contribution in [1.82, 2.24) is 0 Å². The van der Waals surface area contributed by atoms with E-state index in [4.69, 9.17) is 0 Å². The van der Waals surface area contributed by atoms with E-state index in [0.29, 0.717) is 22.6 Å². The molecule has 2 aromatic rings. The van der Waals surface area contributed by atoms with Crippen molar-refractivity contribution in [2.45, 2.75) is 71.1 Å². The lowest BCUT2D eigenvalue weighted by Gasteiger charge is -2.29. The van der Waals surface area contributed by atoms with Crippen molar-refractivity contribution >= 4 is 0 Å². The smallest absolute Gasteiger partial charge is 0.206 e. The molecule has 0 spiro atoms. The first kappa shape index (κ1) is 20.0. The summed E-state index contributed by atoms with van der Waals surface area (Å²) in [6.07, 6.45) is 4.39. The maximum absolute atomic E-state index is 15.2. The molecule has 0 radical (unpaired) electrons. The maximum Gasteiger partial charge on any atom is 0.267 e. The molecule has 0 atom stereocenters. The second-order valence-corrected chi connectivity index (χ2v) is 7.79. The topological polar surface area (TPSA) is 0 Å². The van der Waals surface area contributed by atoms with Gasteiger partial charge < -0.3 is 0 Å². The lowest BCUT2D eigenvalue weighted by molar-refractivity contribution is 0.146. The molecule has 0 bridgehead atoms. The van der Waals surface area contributed by atoms with Gasteiger partial charge in [-0.2, -0.15) is 0 Å². The molecule has 0 saturated heterocycles. The fourth-order valence-corrected chi connectivity index (χ4v) is 4.48. The predicted octanol–water partition coefficient (Wildman–Crippen LogP) is 8.07. The van der Waals surface area contributed by atoms with Crippen LogP contribution in [0.15, 0.2) is 36.4 Å². The van der Waals surface area contributed by atoms with Crippen LogP contribution in [0.25, 0.3) is 11.1 Å². The molecule has 1 aliphatic carbocycles. The lowest BCUT2D eigenvalue weighted by atomic mass is 9.76. The predicted molar refractivity (Wildman–Crippen MR) is 106 cm³/mol. The fourth-order valence-electron chi connectivity index (χ4n) is 4.48. The third kappa shape index (κ3) is 4.39. The molecule has 0 unspecified atom stereocenters. The van der Waals surface area contributed by atoms with Gasteiger partial charge in [-0.25, -0.2) is 13.2 Å². The van der Waals surface area contributed by atoms with E-state index in [2.05, 4.69) is 6.92 Å². The van der Waals surface area contributed by atoms with E-state index in [1.807, 2.05) is 31.2 Å². The molecule has 1 fully saturated rings. The number of benzene rings is 2. The van der Waals surface area contributed by atoms with Crippen LogP contribution in [0.5, 0.6) is 0 Å². The van der Waals surface area contributed by atoms with Gasteiger partial charge in [0.2, 0.25) is 0 Å². The number of hydrogen-bond acceptors (Lipinski definition) is 0. The Labute approximate surface area is 160 Å².